The molecule has 0 bridgehead atoms. The standard InChI is InChI=1S/C17H21N3O3/c1-2-20-10-6-9-13(20)11-18-16-14(17(21)22)15(23-19-16)12-7-4-3-5-8-12/h3-5,7-8,13H,2,6,9-11H2,1H3,(H,18,19)(H,21,22)/t13-/m0/s1. The number of hydrogen-bond acceptors (Lipinski definition) is 5. The number of rotatable bonds is 6. The summed E-state index contributed by atoms with van der Waals surface area (Å²) in [6, 6.07) is 9.60. The summed E-state index contributed by atoms with van der Waals surface area (Å²) in [4.78, 5) is 14.0. The number of carboxylic acids is 1. The number of nitrogens with zero attached hydrogens (tertiary/aromatic N) is 2. The van der Waals surface area contributed by atoms with Crippen LogP contribution in [0.25, 0.3) is 11.3 Å². The Bertz CT molecular complexity index is 669. The van der Waals surface area contributed by atoms with Gasteiger partial charge in [0.2, 0.25) is 0 Å². The van der Waals surface area contributed by atoms with Crippen molar-refractivity contribution >= 4 is 11.8 Å². The maximum absolute atomic E-state index is 11.6. The number of aromatic nitrogens is 1. The van der Waals surface area contributed by atoms with Crippen LogP contribution in [0.3, 0.4) is 0 Å². The van der Waals surface area contributed by atoms with Crippen molar-refractivity contribution in [2.24, 2.45) is 0 Å². The van der Waals surface area contributed by atoms with Crippen molar-refractivity contribution in [2.75, 3.05) is 25.0 Å². The molecule has 1 atom stereocenters. The summed E-state index contributed by atoms with van der Waals surface area (Å²) in [6.07, 6.45) is 2.30. The first-order valence-electron chi connectivity index (χ1n) is 7.97. The Balaban J connectivity index is 1.80. The Morgan fingerprint density at radius 1 is 1.43 bits per heavy atom. The van der Waals surface area contributed by atoms with Gasteiger partial charge in [-0.15, -0.1) is 0 Å². The molecular weight excluding hydrogens is 294 g/mol. The molecule has 0 amide bonds. The topological polar surface area (TPSA) is 78.6 Å². The Morgan fingerprint density at radius 3 is 2.91 bits per heavy atom. The van der Waals surface area contributed by atoms with Crippen LogP contribution in [0.1, 0.15) is 30.1 Å². The summed E-state index contributed by atoms with van der Waals surface area (Å²) >= 11 is 0. The number of aromatic carboxylic acids is 1. The molecule has 0 spiro atoms. The SMILES string of the molecule is CCN1CCC[C@H]1CNc1noc(-c2ccccc2)c1C(=O)O. The number of likely N-dealkylation sites (tertiary alicyclic amines) is 1. The Kier molecular flexibility index (Phi) is 4.62. The van der Waals surface area contributed by atoms with Gasteiger partial charge < -0.3 is 14.9 Å². The van der Waals surface area contributed by atoms with Crippen molar-refractivity contribution in [3.63, 3.8) is 0 Å². The monoisotopic (exact) mass is 315 g/mol. The minimum absolute atomic E-state index is 0.0947. The van der Waals surface area contributed by atoms with Crippen LogP contribution in [-0.2, 0) is 0 Å². The Hall–Kier alpha value is -2.34. The maximum atomic E-state index is 11.6. The largest absolute Gasteiger partial charge is 0.477 e. The summed E-state index contributed by atoms with van der Waals surface area (Å²) < 4.78 is 5.30. The molecule has 6 nitrogen and oxygen atoms in total. The molecule has 2 N–H and O–H groups in total. The second-order valence-corrected chi connectivity index (χ2v) is 5.71. The van der Waals surface area contributed by atoms with Crippen LogP contribution in [0, 0.1) is 0 Å². The van der Waals surface area contributed by atoms with E-state index in [0.717, 1.165) is 19.5 Å². The van der Waals surface area contributed by atoms with Gasteiger partial charge in [0, 0.05) is 18.2 Å². The third-order valence-corrected chi connectivity index (χ3v) is 4.35. The van der Waals surface area contributed by atoms with Crippen LogP contribution in [0.5, 0.6) is 0 Å². The lowest BCUT2D eigenvalue weighted by atomic mass is 10.1. The van der Waals surface area contributed by atoms with Crippen LogP contribution >= 0.6 is 0 Å². The molecule has 0 aliphatic carbocycles. The smallest absolute Gasteiger partial charge is 0.343 e. The summed E-state index contributed by atoms with van der Waals surface area (Å²) in [7, 11) is 0. The zero-order chi connectivity index (χ0) is 16.2. The second-order valence-electron chi connectivity index (χ2n) is 5.71. The van der Waals surface area contributed by atoms with Gasteiger partial charge in [-0.25, -0.2) is 4.79 Å². The van der Waals surface area contributed by atoms with E-state index in [1.807, 2.05) is 30.3 Å². The third-order valence-electron chi connectivity index (χ3n) is 4.35. The Labute approximate surface area is 135 Å². The van der Waals surface area contributed by atoms with E-state index in [-0.39, 0.29) is 5.56 Å². The van der Waals surface area contributed by atoms with Crippen molar-refractivity contribution in [2.45, 2.75) is 25.8 Å². The highest BCUT2D eigenvalue weighted by atomic mass is 16.5. The highest BCUT2D eigenvalue weighted by molar-refractivity contribution is 5.99. The number of carboxylic acid groups (broad SMARTS) is 1. The quantitative estimate of drug-likeness (QED) is 0.853. The minimum atomic E-state index is -1.04. The van der Waals surface area contributed by atoms with E-state index >= 15 is 0 Å². The summed E-state index contributed by atoms with van der Waals surface area (Å²) in [5.41, 5.74) is 0.804. The molecule has 3 rings (SSSR count). The lowest BCUT2D eigenvalue weighted by Crippen LogP contribution is -2.34. The van der Waals surface area contributed by atoms with E-state index in [1.54, 1.807) is 0 Å². The normalized spacial score (nSPS) is 18.2. The number of benzene rings is 1. The molecule has 2 aromatic rings. The highest BCUT2D eigenvalue weighted by Gasteiger charge is 2.26. The average molecular weight is 315 g/mol. The van der Waals surface area contributed by atoms with Crippen LogP contribution in [0.4, 0.5) is 5.82 Å². The fraction of sp³-hybridized carbons (Fsp3) is 0.412. The summed E-state index contributed by atoms with van der Waals surface area (Å²) in [5, 5.41) is 16.6. The van der Waals surface area contributed by atoms with Crippen LogP contribution in [0.15, 0.2) is 34.9 Å². The van der Waals surface area contributed by atoms with Crippen molar-refractivity contribution in [3.8, 4) is 11.3 Å². The summed E-state index contributed by atoms with van der Waals surface area (Å²) in [6.45, 7) is 4.93. The second kappa shape index (κ2) is 6.83. The van der Waals surface area contributed by atoms with E-state index in [1.165, 1.54) is 6.42 Å². The number of nitrogens with one attached hydrogen (secondary N) is 1. The van der Waals surface area contributed by atoms with Gasteiger partial charge in [-0.05, 0) is 25.9 Å². The van der Waals surface area contributed by atoms with Crippen LogP contribution < -0.4 is 5.32 Å². The molecule has 1 aromatic heterocycles. The zero-order valence-electron chi connectivity index (χ0n) is 13.2. The molecule has 1 aliphatic heterocycles. The molecule has 0 radical (unpaired) electrons. The highest BCUT2D eigenvalue weighted by Crippen LogP contribution is 2.29. The molecular formula is C17H21N3O3. The van der Waals surface area contributed by atoms with Gasteiger partial charge in [-0.1, -0.05) is 42.4 Å². The fourth-order valence-corrected chi connectivity index (χ4v) is 3.15. The van der Waals surface area contributed by atoms with E-state index < -0.39 is 5.97 Å². The molecule has 6 heteroatoms. The predicted octanol–water partition coefficient (Wildman–Crippen LogP) is 2.94. The lowest BCUT2D eigenvalue weighted by molar-refractivity contribution is 0.0698. The van der Waals surface area contributed by atoms with Gasteiger partial charge in [-0.2, -0.15) is 0 Å². The van der Waals surface area contributed by atoms with Crippen molar-refractivity contribution in [1.82, 2.24) is 10.1 Å². The first kappa shape index (κ1) is 15.6. The molecule has 0 saturated carbocycles. The van der Waals surface area contributed by atoms with Gasteiger partial charge >= 0.3 is 5.97 Å². The van der Waals surface area contributed by atoms with Crippen molar-refractivity contribution in [3.05, 3.63) is 35.9 Å². The Morgan fingerprint density at radius 2 is 2.22 bits per heavy atom. The molecule has 1 saturated heterocycles. The van der Waals surface area contributed by atoms with Gasteiger partial charge in [-0.3, -0.25) is 4.90 Å². The van der Waals surface area contributed by atoms with Gasteiger partial charge in [0.15, 0.2) is 17.1 Å². The fourth-order valence-electron chi connectivity index (χ4n) is 3.15. The molecule has 23 heavy (non-hydrogen) atoms. The molecule has 1 fully saturated rings. The molecule has 122 valence electrons. The summed E-state index contributed by atoms with van der Waals surface area (Å²) in [5.74, 6) is -0.440. The number of anilines is 1. The van der Waals surface area contributed by atoms with Crippen LogP contribution in [0.2, 0.25) is 0 Å². The van der Waals surface area contributed by atoms with E-state index in [4.69, 9.17) is 4.52 Å². The third kappa shape index (κ3) is 3.22. The van der Waals surface area contributed by atoms with Gasteiger partial charge in [0.1, 0.15) is 0 Å². The molecule has 1 aromatic carbocycles. The maximum Gasteiger partial charge on any atom is 0.343 e. The molecule has 1 aliphatic rings. The number of likely N-dealkylation sites (N-methyl/N-ethyl adjacent to an activating group) is 1. The predicted molar refractivity (Wildman–Crippen MR) is 87.7 cm³/mol. The first-order chi connectivity index (χ1) is 11.2. The van der Waals surface area contributed by atoms with Crippen molar-refractivity contribution < 1.29 is 14.4 Å². The minimum Gasteiger partial charge on any atom is -0.477 e. The van der Waals surface area contributed by atoms with Crippen molar-refractivity contribution in [1.29, 1.82) is 0 Å². The average Bonchev–Trinajstić information content (AvgIpc) is 3.19. The van der Waals surface area contributed by atoms with Crippen LogP contribution in [-0.4, -0.2) is 46.8 Å². The van der Waals surface area contributed by atoms with E-state index in [9.17, 15) is 9.90 Å². The molecule has 0 unspecified atom stereocenters. The molecule has 2 heterocycles. The van der Waals surface area contributed by atoms with E-state index in [0.29, 0.717) is 29.7 Å². The van der Waals surface area contributed by atoms with E-state index in [2.05, 4.69) is 22.3 Å². The van der Waals surface area contributed by atoms with Gasteiger partial charge in [0.05, 0.1) is 0 Å². The lowest BCUT2D eigenvalue weighted by Gasteiger charge is -2.22. The number of hydrogen-bond donors (Lipinski definition) is 2. The zero-order valence-corrected chi connectivity index (χ0v) is 13.2. The first-order valence-corrected chi connectivity index (χ1v) is 7.97. The number of carbonyl (C=O) groups is 1. The van der Waals surface area contributed by atoms with Gasteiger partial charge in [0.25, 0.3) is 0 Å².